The van der Waals surface area contributed by atoms with E-state index in [9.17, 15) is 0 Å². The molecule has 0 amide bonds. The lowest BCUT2D eigenvalue weighted by atomic mass is 9.90. The number of anilines is 3. The molecule has 0 saturated carbocycles. The van der Waals surface area contributed by atoms with Crippen LogP contribution in [0.3, 0.4) is 0 Å². The summed E-state index contributed by atoms with van der Waals surface area (Å²) in [6.45, 7) is 6.63. The minimum atomic E-state index is 0.481. The summed E-state index contributed by atoms with van der Waals surface area (Å²) in [6, 6.07) is 13.4. The molecule has 1 N–H and O–H groups in total. The van der Waals surface area contributed by atoms with Crippen molar-refractivity contribution in [3.8, 4) is 22.8 Å². The second-order valence-corrected chi connectivity index (χ2v) is 11.3. The molecule has 2 aromatic carbocycles. The van der Waals surface area contributed by atoms with E-state index in [0.717, 1.165) is 60.1 Å². The number of fused-ring (bicyclic) bond motifs is 4. The van der Waals surface area contributed by atoms with Gasteiger partial charge in [-0.05, 0) is 87.0 Å². The Morgan fingerprint density at radius 3 is 2.50 bits per heavy atom. The molecule has 4 heterocycles. The number of nitrogens with one attached hydrogen (secondary N) is 1. The molecule has 7 rings (SSSR count). The number of rotatable bonds is 2. The van der Waals surface area contributed by atoms with Crippen molar-refractivity contribution < 1.29 is 14.2 Å². The Labute approximate surface area is 236 Å². The maximum absolute atomic E-state index is 6.34. The predicted octanol–water partition coefficient (Wildman–Crippen LogP) is 5.23. The highest BCUT2D eigenvalue weighted by Gasteiger charge is 2.27. The van der Waals surface area contributed by atoms with E-state index in [1.54, 1.807) is 0 Å². The molecule has 0 atom stereocenters. The topological polar surface area (TPSA) is 72.0 Å². The summed E-state index contributed by atoms with van der Waals surface area (Å²) in [5.41, 5.74) is 6.64. The summed E-state index contributed by atoms with van der Waals surface area (Å²) >= 11 is 0. The first-order valence-electron chi connectivity index (χ1n) is 15.0. The molecule has 3 aromatic rings. The highest BCUT2D eigenvalue weighted by atomic mass is 16.5. The molecule has 0 spiro atoms. The summed E-state index contributed by atoms with van der Waals surface area (Å²) in [5, 5.41) is 3.45. The Morgan fingerprint density at radius 2 is 1.62 bits per heavy atom. The van der Waals surface area contributed by atoms with Gasteiger partial charge in [0.2, 0.25) is 5.95 Å². The molecular weight excluding hydrogens is 502 g/mol. The summed E-state index contributed by atoms with van der Waals surface area (Å²) in [6.07, 6.45) is 10.4. The zero-order valence-electron chi connectivity index (χ0n) is 23.2. The zero-order valence-corrected chi connectivity index (χ0v) is 23.2. The molecule has 3 aliphatic heterocycles. The number of ether oxygens (including phenoxy) is 3. The van der Waals surface area contributed by atoms with E-state index >= 15 is 0 Å². The number of nitrogens with zero attached hydrogens (tertiary/aromatic N) is 4. The third kappa shape index (κ3) is 5.47. The Morgan fingerprint density at radius 1 is 0.800 bits per heavy atom. The van der Waals surface area contributed by atoms with E-state index in [4.69, 9.17) is 19.2 Å². The van der Waals surface area contributed by atoms with E-state index in [1.165, 1.54) is 56.3 Å². The first-order chi connectivity index (χ1) is 19.8. The van der Waals surface area contributed by atoms with Crippen molar-refractivity contribution in [3.63, 3.8) is 0 Å². The lowest BCUT2D eigenvalue weighted by Gasteiger charge is -2.41. The quantitative estimate of drug-likeness (QED) is 0.473. The SMILES string of the molecule is c1cc(N2CCC(N3CCCCC3)CC2)c2cc1Nc1ncc3c(n1)-c1cc(ccc1CC3)OCCOCCO2. The van der Waals surface area contributed by atoms with Crippen molar-refractivity contribution in [2.45, 2.75) is 51.0 Å². The second kappa shape index (κ2) is 11.6. The molecular formula is C32H39N5O3. The van der Waals surface area contributed by atoms with Crippen molar-refractivity contribution in [1.29, 1.82) is 0 Å². The fourth-order valence-corrected chi connectivity index (χ4v) is 6.62. The number of benzene rings is 2. The zero-order chi connectivity index (χ0) is 26.7. The summed E-state index contributed by atoms with van der Waals surface area (Å²) in [5.74, 6) is 2.30. The summed E-state index contributed by atoms with van der Waals surface area (Å²) in [4.78, 5) is 14.8. The Hall–Kier alpha value is -3.36. The molecule has 0 unspecified atom stereocenters. The molecule has 4 aliphatic rings. The Bertz CT molecular complexity index is 1330. The van der Waals surface area contributed by atoms with Gasteiger partial charge in [0.1, 0.15) is 24.7 Å². The van der Waals surface area contributed by atoms with E-state index in [1.807, 2.05) is 12.3 Å². The molecule has 6 bridgehead atoms. The number of hydrogen-bond acceptors (Lipinski definition) is 8. The predicted molar refractivity (Wildman–Crippen MR) is 157 cm³/mol. The average Bonchev–Trinajstić information content (AvgIpc) is 3.01. The molecule has 210 valence electrons. The number of likely N-dealkylation sites (tertiary alicyclic amines) is 1. The highest BCUT2D eigenvalue weighted by Crippen LogP contribution is 2.37. The lowest BCUT2D eigenvalue weighted by molar-refractivity contribution is 0.0765. The summed E-state index contributed by atoms with van der Waals surface area (Å²) < 4.78 is 18.2. The lowest BCUT2D eigenvalue weighted by Crippen LogP contribution is -2.46. The second-order valence-electron chi connectivity index (χ2n) is 11.3. The third-order valence-electron chi connectivity index (χ3n) is 8.77. The van der Waals surface area contributed by atoms with Gasteiger partial charge in [0.25, 0.3) is 0 Å². The highest BCUT2D eigenvalue weighted by molar-refractivity contribution is 5.73. The molecule has 2 fully saturated rings. The molecule has 0 radical (unpaired) electrons. The van der Waals surface area contributed by atoms with Crippen LogP contribution >= 0.6 is 0 Å². The van der Waals surface area contributed by atoms with E-state index < -0.39 is 0 Å². The Kier molecular flexibility index (Phi) is 7.44. The van der Waals surface area contributed by atoms with Gasteiger partial charge in [0.05, 0.1) is 24.6 Å². The normalized spacial score (nSPS) is 20.2. The monoisotopic (exact) mass is 541 g/mol. The van der Waals surface area contributed by atoms with Crippen LogP contribution in [-0.2, 0) is 17.6 Å². The van der Waals surface area contributed by atoms with Crippen molar-refractivity contribution in [2.75, 3.05) is 62.8 Å². The van der Waals surface area contributed by atoms with Crippen molar-refractivity contribution in [1.82, 2.24) is 14.9 Å². The van der Waals surface area contributed by atoms with Crippen LogP contribution in [0, 0.1) is 0 Å². The van der Waals surface area contributed by atoms with Crippen LogP contribution in [0.25, 0.3) is 11.3 Å². The molecule has 1 aliphatic carbocycles. The van der Waals surface area contributed by atoms with Crippen LogP contribution in [0.2, 0.25) is 0 Å². The van der Waals surface area contributed by atoms with Gasteiger partial charge < -0.3 is 29.3 Å². The molecule has 2 saturated heterocycles. The average molecular weight is 542 g/mol. The van der Waals surface area contributed by atoms with Crippen molar-refractivity contribution in [3.05, 3.63) is 53.7 Å². The maximum atomic E-state index is 6.34. The minimum Gasteiger partial charge on any atom is -0.491 e. The fraction of sp³-hybridized carbons (Fsp3) is 0.500. The third-order valence-corrected chi connectivity index (χ3v) is 8.77. The maximum Gasteiger partial charge on any atom is 0.227 e. The molecule has 1 aromatic heterocycles. The van der Waals surface area contributed by atoms with Gasteiger partial charge in [0.15, 0.2) is 0 Å². The van der Waals surface area contributed by atoms with Gasteiger partial charge in [-0.2, -0.15) is 0 Å². The summed E-state index contributed by atoms with van der Waals surface area (Å²) in [7, 11) is 0. The first kappa shape index (κ1) is 25.6. The Balaban J connectivity index is 1.14. The van der Waals surface area contributed by atoms with Gasteiger partial charge in [0, 0.05) is 42.6 Å². The molecule has 8 nitrogen and oxygen atoms in total. The largest absolute Gasteiger partial charge is 0.491 e. The van der Waals surface area contributed by atoms with E-state index in [-0.39, 0.29) is 0 Å². The van der Waals surface area contributed by atoms with E-state index in [0.29, 0.717) is 38.4 Å². The van der Waals surface area contributed by atoms with Crippen LogP contribution < -0.4 is 19.7 Å². The van der Waals surface area contributed by atoms with Gasteiger partial charge in [-0.25, -0.2) is 9.97 Å². The van der Waals surface area contributed by atoms with Crippen LogP contribution in [0.5, 0.6) is 11.5 Å². The van der Waals surface area contributed by atoms with Crippen LogP contribution in [0.4, 0.5) is 17.3 Å². The molecule has 8 heteroatoms. The van der Waals surface area contributed by atoms with Crippen LogP contribution in [0.15, 0.2) is 42.6 Å². The smallest absolute Gasteiger partial charge is 0.227 e. The number of aryl methyl sites for hydroxylation is 2. The van der Waals surface area contributed by atoms with Gasteiger partial charge in [-0.1, -0.05) is 12.5 Å². The standard InChI is InChI=1S/C32H39N5O3/c1-2-12-36(13-3-1)26-10-14-37(15-11-26)29-9-7-25-20-30(29)40-19-17-38-16-18-39-27-8-6-23-4-5-24-22-33-32(34-25)35-31(24)28(23)21-27/h6-9,20-22,26H,1-5,10-19H2,(H,33,34,35). The van der Waals surface area contributed by atoms with Crippen molar-refractivity contribution >= 4 is 17.3 Å². The van der Waals surface area contributed by atoms with Crippen LogP contribution in [-0.4, -0.2) is 73.5 Å². The number of hydrogen-bond donors (Lipinski definition) is 1. The van der Waals surface area contributed by atoms with E-state index in [2.05, 4.69) is 50.4 Å². The fourth-order valence-electron chi connectivity index (χ4n) is 6.62. The molecule has 40 heavy (non-hydrogen) atoms. The first-order valence-corrected chi connectivity index (χ1v) is 15.0. The number of piperidine rings is 2. The number of aromatic nitrogens is 2. The van der Waals surface area contributed by atoms with Gasteiger partial charge in [-0.3, -0.25) is 0 Å². The van der Waals surface area contributed by atoms with Gasteiger partial charge in [-0.15, -0.1) is 0 Å². The van der Waals surface area contributed by atoms with Gasteiger partial charge >= 0.3 is 0 Å². The minimum absolute atomic E-state index is 0.481. The van der Waals surface area contributed by atoms with Crippen molar-refractivity contribution in [2.24, 2.45) is 0 Å². The van der Waals surface area contributed by atoms with Crippen LogP contribution in [0.1, 0.15) is 43.2 Å².